The predicted molar refractivity (Wildman–Crippen MR) is 85.6 cm³/mol. The predicted octanol–water partition coefficient (Wildman–Crippen LogP) is 2.91. The summed E-state index contributed by atoms with van der Waals surface area (Å²) in [4.78, 5) is 28.8. The van der Waals surface area contributed by atoms with E-state index in [1.165, 1.54) is 10.6 Å². The van der Waals surface area contributed by atoms with E-state index >= 15 is 0 Å². The highest BCUT2D eigenvalue weighted by Crippen LogP contribution is 2.14. The van der Waals surface area contributed by atoms with E-state index in [0.29, 0.717) is 16.4 Å². The number of pyridine rings is 1. The number of hydrogen-bond acceptors (Lipinski definition) is 3. The quantitative estimate of drug-likeness (QED) is 0.791. The maximum Gasteiger partial charge on any atom is 0.270 e. The summed E-state index contributed by atoms with van der Waals surface area (Å²) in [5.41, 5.74) is 1.55. The molecule has 0 radical (unpaired) electrons. The van der Waals surface area contributed by atoms with Crippen molar-refractivity contribution in [2.45, 2.75) is 6.92 Å². The maximum absolute atomic E-state index is 12.4. The van der Waals surface area contributed by atoms with Crippen LogP contribution in [-0.2, 0) is 0 Å². The van der Waals surface area contributed by atoms with Crippen molar-refractivity contribution in [1.29, 1.82) is 0 Å². The molecule has 3 rings (SSSR count). The van der Waals surface area contributed by atoms with Crippen LogP contribution in [0.3, 0.4) is 0 Å². The zero-order valence-corrected chi connectivity index (χ0v) is 12.5. The minimum Gasteiger partial charge on any atom is -0.322 e. The van der Waals surface area contributed by atoms with E-state index in [2.05, 4.69) is 10.3 Å². The van der Waals surface area contributed by atoms with Crippen LogP contribution in [0, 0.1) is 6.92 Å². The maximum atomic E-state index is 12.4. The van der Waals surface area contributed by atoms with Crippen molar-refractivity contribution in [3.05, 3.63) is 75.3 Å². The number of fused-ring (bicyclic) bond motifs is 1. The van der Waals surface area contributed by atoms with Gasteiger partial charge in [-0.15, -0.1) is 0 Å². The van der Waals surface area contributed by atoms with Crippen molar-refractivity contribution in [2.24, 2.45) is 0 Å². The Morgan fingerprint density at radius 1 is 1.18 bits per heavy atom. The second-order valence-corrected chi connectivity index (χ2v) is 5.31. The van der Waals surface area contributed by atoms with Crippen molar-refractivity contribution < 1.29 is 4.79 Å². The van der Waals surface area contributed by atoms with Crippen LogP contribution in [0.2, 0.25) is 5.02 Å². The van der Waals surface area contributed by atoms with Gasteiger partial charge in [-0.25, -0.2) is 4.98 Å². The third-order valence-electron chi connectivity index (χ3n) is 3.20. The molecule has 3 aromatic rings. The lowest BCUT2D eigenvalue weighted by Crippen LogP contribution is -2.26. The van der Waals surface area contributed by atoms with E-state index in [0.717, 1.165) is 5.56 Å². The Bertz CT molecular complexity index is 917. The average Bonchev–Trinajstić information content (AvgIpc) is 2.50. The number of nitrogens with one attached hydrogen (secondary N) is 1. The van der Waals surface area contributed by atoms with E-state index < -0.39 is 11.5 Å². The molecule has 6 heteroatoms. The fourth-order valence-corrected chi connectivity index (χ4v) is 2.20. The normalized spacial score (nSPS) is 10.6. The summed E-state index contributed by atoms with van der Waals surface area (Å²) in [6.07, 6.45) is 2.95. The molecule has 2 heterocycles. The summed E-state index contributed by atoms with van der Waals surface area (Å²) in [6, 6.07) is 10.2. The largest absolute Gasteiger partial charge is 0.322 e. The Morgan fingerprint density at radius 2 is 1.91 bits per heavy atom. The van der Waals surface area contributed by atoms with Gasteiger partial charge in [-0.05, 0) is 42.8 Å². The van der Waals surface area contributed by atoms with Crippen LogP contribution in [0.25, 0.3) is 5.65 Å². The molecule has 0 fully saturated rings. The number of aromatic nitrogens is 2. The minimum atomic E-state index is -0.504. The molecule has 0 bridgehead atoms. The number of amides is 1. The first-order chi connectivity index (χ1) is 10.5. The molecule has 0 unspecified atom stereocenters. The summed E-state index contributed by atoms with van der Waals surface area (Å²) >= 11 is 5.79. The van der Waals surface area contributed by atoms with Crippen LogP contribution in [0.5, 0.6) is 0 Å². The van der Waals surface area contributed by atoms with E-state index in [9.17, 15) is 9.59 Å². The molecule has 1 N–H and O–H groups in total. The fourth-order valence-electron chi connectivity index (χ4n) is 2.07. The number of nitrogens with zero attached hydrogens (tertiary/aromatic N) is 2. The Hall–Kier alpha value is -2.66. The second kappa shape index (κ2) is 5.61. The number of rotatable bonds is 2. The number of hydrogen-bond donors (Lipinski definition) is 1. The molecule has 2 aromatic heterocycles. The summed E-state index contributed by atoms with van der Waals surface area (Å²) in [7, 11) is 0. The van der Waals surface area contributed by atoms with Gasteiger partial charge in [0.2, 0.25) is 0 Å². The molecule has 1 amide bonds. The lowest BCUT2D eigenvalue weighted by atomic mass is 10.2. The molecule has 0 saturated heterocycles. The van der Waals surface area contributed by atoms with Gasteiger partial charge in [0, 0.05) is 23.1 Å². The van der Waals surface area contributed by atoms with Gasteiger partial charge >= 0.3 is 0 Å². The summed E-state index contributed by atoms with van der Waals surface area (Å²) in [5.74, 6) is -0.504. The first-order valence-electron chi connectivity index (χ1n) is 6.59. The highest BCUT2D eigenvalue weighted by atomic mass is 35.5. The molecule has 1 aromatic carbocycles. The first kappa shape index (κ1) is 14.3. The number of carbonyl (C=O) groups is 1. The number of benzene rings is 1. The van der Waals surface area contributed by atoms with E-state index in [1.807, 2.05) is 13.0 Å². The van der Waals surface area contributed by atoms with Crippen LogP contribution in [0.15, 0.2) is 53.6 Å². The number of aryl methyl sites for hydroxylation is 1. The van der Waals surface area contributed by atoms with Crippen molar-refractivity contribution in [2.75, 3.05) is 5.32 Å². The number of halogens is 1. The Kier molecular flexibility index (Phi) is 3.65. The first-order valence-corrected chi connectivity index (χ1v) is 6.97. The van der Waals surface area contributed by atoms with Gasteiger partial charge in [0.05, 0.1) is 0 Å². The van der Waals surface area contributed by atoms with Crippen LogP contribution >= 0.6 is 11.6 Å². The summed E-state index contributed by atoms with van der Waals surface area (Å²) in [6.45, 7) is 1.87. The van der Waals surface area contributed by atoms with Crippen molar-refractivity contribution in [3.63, 3.8) is 0 Å². The van der Waals surface area contributed by atoms with Crippen LogP contribution in [0.1, 0.15) is 15.9 Å². The lowest BCUT2D eigenvalue weighted by molar-refractivity contribution is 0.102. The third-order valence-corrected chi connectivity index (χ3v) is 3.45. The van der Waals surface area contributed by atoms with Gasteiger partial charge in [0.15, 0.2) is 0 Å². The molecule has 110 valence electrons. The van der Waals surface area contributed by atoms with Crippen LogP contribution < -0.4 is 10.9 Å². The van der Waals surface area contributed by atoms with Crippen molar-refractivity contribution in [3.8, 4) is 0 Å². The molecule has 0 aliphatic heterocycles. The number of anilines is 1. The molecule has 0 aliphatic rings. The molecule has 0 saturated carbocycles. The van der Waals surface area contributed by atoms with Crippen LogP contribution in [0.4, 0.5) is 5.69 Å². The topological polar surface area (TPSA) is 63.5 Å². The summed E-state index contributed by atoms with van der Waals surface area (Å²) in [5, 5.41) is 3.22. The second-order valence-electron chi connectivity index (χ2n) is 4.87. The standard InChI is InChI=1S/C16H12ClN3O2/c1-10-2-7-14-18-8-13(16(22)20(14)9-10)15(21)19-12-5-3-11(17)4-6-12/h2-9H,1H3,(H,19,21). The molecule has 0 spiro atoms. The lowest BCUT2D eigenvalue weighted by Gasteiger charge is -2.06. The molecule has 22 heavy (non-hydrogen) atoms. The van der Waals surface area contributed by atoms with Gasteiger partial charge in [0.25, 0.3) is 11.5 Å². The molecule has 0 aliphatic carbocycles. The van der Waals surface area contributed by atoms with E-state index in [4.69, 9.17) is 11.6 Å². The molecular weight excluding hydrogens is 302 g/mol. The van der Waals surface area contributed by atoms with Gasteiger partial charge in [-0.3, -0.25) is 14.0 Å². The third kappa shape index (κ3) is 2.71. The molecular formula is C16H12ClN3O2. The van der Waals surface area contributed by atoms with Crippen molar-refractivity contribution >= 4 is 28.8 Å². The number of carbonyl (C=O) groups excluding carboxylic acids is 1. The monoisotopic (exact) mass is 313 g/mol. The SMILES string of the molecule is Cc1ccc2ncc(C(=O)Nc3ccc(Cl)cc3)c(=O)n2c1. The zero-order chi connectivity index (χ0) is 15.7. The zero-order valence-electron chi connectivity index (χ0n) is 11.7. The van der Waals surface area contributed by atoms with Gasteiger partial charge in [-0.1, -0.05) is 17.7 Å². The van der Waals surface area contributed by atoms with E-state index in [1.54, 1.807) is 36.5 Å². The highest BCUT2D eigenvalue weighted by Gasteiger charge is 2.13. The Morgan fingerprint density at radius 3 is 2.64 bits per heavy atom. The average molecular weight is 314 g/mol. The van der Waals surface area contributed by atoms with Crippen LogP contribution in [-0.4, -0.2) is 15.3 Å². The summed E-state index contributed by atoms with van der Waals surface area (Å²) < 4.78 is 1.37. The highest BCUT2D eigenvalue weighted by molar-refractivity contribution is 6.30. The Balaban J connectivity index is 1.99. The van der Waals surface area contributed by atoms with Gasteiger partial charge in [0.1, 0.15) is 11.2 Å². The Labute approximate surface area is 131 Å². The van der Waals surface area contributed by atoms with Gasteiger partial charge in [-0.2, -0.15) is 0 Å². The smallest absolute Gasteiger partial charge is 0.270 e. The minimum absolute atomic E-state index is 0.0157. The van der Waals surface area contributed by atoms with Gasteiger partial charge < -0.3 is 5.32 Å². The molecule has 5 nitrogen and oxygen atoms in total. The van der Waals surface area contributed by atoms with E-state index in [-0.39, 0.29) is 5.56 Å². The fraction of sp³-hybridized carbons (Fsp3) is 0.0625. The van der Waals surface area contributed by atoms with Crippen molar-refractivity contribution in [1.82, 2.24) is 9.38 Å². The molecule has 0 atom stereocenters.